The van der Waals surface area contributed by atoms with Gasteiger partial charge in [0.2, 0.25) is 0 Å². The third-order valence-electron chi connectivity index (χ3n) is 3.34. The maximum atomic E-state index is 12.3. The Hall–Kier alpha value is -1.44. The van der Waals surface area contributed by atoms with Crippen LogP contribution in [0.15, 0.2) is 57.3 Å². The molecule has 3 rings (SSSR count). The zero-order valence-corrected chi connectivity index (χ0v) is 16.0. The normalized spacial score (nSPS) is 10.7. The van der Waals surface area contributed by atoms with E-state index in [4.69, 9.17) is 0 Å². The van der Waals surface area contributed by atoms with E-state index in [0.29, 0.717) is 11.4 Å². The van der Waals surface area contributed by atoms with E-state index in [-0.39, 0.29) is 5.91 Å². The first-order chi connectivity index (χ1) is 11.1. The molecule has 0 bridgehead atoms. The topological polar surface area (TPSA) is 46.9 Å². The van der Waals surface area contributed by atoms with Gasteiger partial charge in [0.25, 0.3) is 5.91 Å². The van der Waals surface area contributed by atoms with Crippen molar-refractivity contribution >= 4 is 49.1 Å². The van der Waals surface area contributed by atoms with Gasteiger partial charge < -0.3 is 9.88 Å². The number of benzene rings is 1. The summed E-state index contributed by atoms with van der Waals surface area (Å²) < 4.78 is 3.82. The van der Waals surface area contributed by atoms with Crippen molar-refractivity contribution in [2.45, 2.75) is 13.1 Å². The van der Waals surface area contributed by atoms with Crippen LogP contribution >= 0.6 is 43.2 Å². The van der Waals surface area contributed by atoms with Gasteiger partial charge in [-0.1, -0.05) is 24.3 Å². The van der Waals surface area contributed by atoms with Crippen LogP contribution in [-0.2, 0) is 13.1 Å². The number of hydrogen-bond acceptors (Lipinski definition) is 3. The van der Waals surface area contributed by atoms with Crippen LogP contribution < -0.4 is 5.32 Å². The van der Waals surface area contributed by atoms with E-state index in [2.05, 4.69) is 48.2 Å². The molecule has 1 aromatic carbocycles. The molecule has 7 heteroatoms. The fourth-order valence-electron chi connectivity index (χ4n) is 2.18. The molecule has 0 atom stereocenters. The lowest BCUT2D eigenvalue weighted by atomic mass is 10.1. The Morgan fingerprint density at radius 2 is 2.04 bits per heavy atom. The number of nitrogens with one attached hydrogen (secondary N) is 1. The van der Waals surface area contributed by atoms with E-state index in [9.17, 15) is 4.79 Å². The molecule has 1 amide bonds. The fraction of sp³-hybridized carbons (Fsp3) is 0.125. The van der Waals surface area contributed by atoms with Crippen LogP contribution in [0.2, 0.25) is 0 Å². The zero-order valence-electron chi connectivity index (χ0n) is 12.0. The van der Waals surface area contributed by atoms with E-state index >= 15 is 0 Å². The first kappa shape index (κ1) is 16.4. The summed E-state index contributed by atoms with van der Waals surface area (Å²) in [5.41, 5.74) is 2.27. The summed E-state index contributed by atoms with van der Waals surface area (Å²) in [6, 6.07) is 9.91. The van der Waals surface area contributed by atoms with E-state index in [0.717, 1.165) is 20.4 Å². The first-order valence-corrected chi connectivity index (χ1v) is 9.29. The van der Waals surface area contributed by atoms with Crippen molar-refractivity contribution in [2.75, 3.05) is 0 Å². The third kappa shape index (κ3) is 4.10. The number of thiophene rings is 1. The standard InChI is InChI=1S/C16H13Br2N3OS/c17-13-7-14(23-15(13)18)16(22)20-8-11-3-1-2-4-12(11)9-21-6-5-19-10-21/h1-7,10H,8-9H2,(H,20,22). The summed E-state index contributed by atoms with van der Waals surface area (Å²) in [6.45, 7) is 1.24. The molecule has 2 aromatic heterocycles. The number of amides is 1. The Labute approximate surface area is 154 Å². The van der Waals surface area contributed by atoms with Crippen LogP contribution in [0.25, 0.3) is 0 Å². The van der Waals surface area contributed by atoms with Gasteiger partial charge in [-0.25, -0.2) is 4.98 Å². The molecule has 0 aliphatic carbocycles. The number of hydrogen-bond donors (Lipinski definition) is 1. The molecular weight excluding hydrogens is 442 g/mol. The van der Waals surface area contributed by atoms with Crippen LogP contribution in [0.3, 0.4) is 0 Å². The molecule has 4 nitrogen and oxygen atoms in total. The average Bonchev–Trinajstić information content (AvgIpc) is 3.17. The number of carbonyl (C=O) groups is 1. The van der Waals surface area contributed by atoms with Crippen molar-refractivity contribution in [3.63, 3.8) is 0 Å². The number of imidazole rings is 1. The van der Waals surface area contributed by atoms with Gasteiger partial charge in [0.1, 0.15) is 0 Å². The summed E-state index contributed by atoms with van der Waals surface area (Å²) in [4.78, 5) is 17.0. The number of rotatable bonds is 5. The molecule has 0 unspecified atom stereocenters. The summed E-state index contributed by atoms with van der Waals surface area (Å²) in [5.74, 6) is -0.0705. The molecule has 23 heavy (non-hydrogen) atoms. The van der Waals surface area contributed by atoms with Crippen molar-refractivity contribution in [2.24, 2.45) is 0 Å². The Morgan fingerprint density at radius 1 is 1.26 bits per heavy atom. The number of nitrogens with zero attached hydrogens (tertiary/aromatic N) is 2. The highest BCUT2D eigenvalue weighted by Crippen LogP contribution is 2.32. The Kier molecular flexibility index (Phi) is 5.30. The summed E-state index contributed by atoms with van der Waals surface area (Å²) in [7, 11) is 0. The second kappa shape index (κ2) is 7.42. The quantitative estimate of drug-likeness (QED) is 0.619. The Bertz CT molecular complexity index is 795. The van der Waals surface area contributed by atoms with Crippen LogP contribution in [0.4, 0.5) is 0 Å². The maximum absolute atomic E-state index is 12.3. The Morgan fingerprint density at radius 3 is 2.70 bits per heavy atom. The van der Waals surface area contributed by atoms with Gasteiger partial charge in [0.15, 0.2) is 0 Å². The van der Waals surface area contributed by atoms with Crippen LogP contribution in [0.1, 0.15) is 20.8 Å². The lowest BCUT2D eigenvalue weighted by Crippen LogP contribution is -2.22. The maximum Gasteiger partial charge on any atom is 0.261 e. The molecule has 0 fully saturated rings. The van der Waals surface area contributed by atoms with E-state index in [1.807, 2.05) is 35.0 Å². The molecule has 0 aliphatic rings. The van der Waals surface area contributed by atoms with Gasteiger partial charge in [0.05, 0.1) is 15.0 Å². The zero-order chi connectivity index (χ0) is 16.2. The van der Waals surface area contributed by atoms with Gasteiger partial charge in [0, 0.05) is 30.0 Å². The van der Waals surface area contributed by atoms with E-state index < -0.39 is 0 Å². The number of aromatic nitrogens is 2. The molecule has 0 saturated carbocycles. The van der Waals surface area contributed by atoms with Crippen LogP contribution in [0.5, 0.6) is 0 Å². The highest BCUT2D eigenvalue weighted by Gasteiger charge is 2.12. The van der Waals surface area contributed by atoms with Crippen molar-refractivity contribution in [1.29, 1.82) is 0 Å². The lowest BCUT2D eigenvalue weighted by Gasteiger charge is -2.11. The average molecular weight is 455 g/mol. The Balaban J connectivity index is 1.69. The van der Waals surface area contributed by atoms with Gasteiger partial charge in [-0.2, -0.15) is 0 Å². The molecule has 118 valence electrons. The van der Waals surface area contributed by atoms with Crippen LogP contribution in [0, 0.1) is 0 Å². The lowest BCUT2D eigenvalue weighted by molar-refractivity contribution is 0.0955. The minimum Gasteiger partial charge on any atom is -0.347 e. The summed E-state index contributed by atoms with van der Waals surface area (Å²) in [6.07, 6.45) is 5.48. The third-order valence-corrected chi connectivity index (χ3v) is 6.59. The highest BCUT2D eigenvalue weighted by atomic mass is 79.9. The van der Waals surface area contributed by atoms with E-state index in [1.165, 1.54) is 16.9 Å². The minimum atomic E-state index is -0.0705. The molecule has 2 heterocycles. The highest BCUT2D eigenvalue weighted by molar-refractivity contribution is 9.13. The van der Waals surface area contributed by atoms with Crippen molar-refractivity contribution < 1.29 is 4.79 Å². The predicted octanol–water partition coefficient (Wildman–Crippen LogP) is 4.45. The molecule has 0 radical (unpaired) electrons. The van der Waals surface area contributed by atoms with Crippen molar-refractivity contribution in [1.82, 2.24) is 14.9 Å². The minimum absolute atomic E-state index is 0.0705. The first-order valence-electron chi connectivity index (χ1n) is 6.89. The van der Waals surface area contributed by atoms with Gasteiger partial charge >= 0.3 is 0 Å². The molecule has 3 aromatic rings. The molecule has 0 spiro atoms. The van der Waals surface area contributed by atoms with Gasteiger partial charge in [-0.05, 0) is 49.1 Å². The van der Waals surface area contributed by atoms with Crippen molar-refractivity contribution in [3.05, 3.63) is 73.3 Å². The van der Waals surface area contributed by atoms with Crippen LogP contribution in [-0.4, -0.2) is 15.5 Å². The largest absolute Gasteiger partial charge is 0.347 e. The van der Waals surface area contributed by atoms with Gasteiger partial charge in [-0.15, -0.1) is 11.3 Å². The van der Waals surface area contributed by atoms with Crippen molar-refractivity contribution in [3.8, 4) is 0 Å². The fourth-order valence-corrected chi connectivity index (χ4v) is 4.13. The smallest absolute Gasteiger partial charge is 0.261 e. The molecule has 0 aliphatic heterocycles. The molecule has 1 N–H and O–H groups in total. The summed E-state index contributed by atoms with van der Waals surface area (Å²) in [5, 5.41) is 2.98. The monoisotopic (exact) mass is 453 g/mol. The second-order valence-electron chi connectivity index (χ2n) is 4.92. The summed E-state index contributed by atoms with van der Waals surface area (Å²) >= 11 is 8.22. The van der Waals surface area contributed by atoms with E-state index in [1.54, 1.807) is 12.5 Å². The molecular formula is C16H13Br2N3OS. The number of carbonyl (C=O) groups excluding carboxylic acids is 1. The predicted molar refractivity (Wildman–Crippen MR) is 98.7 cm³/mol. The second-order valence-corrected chi connectivity index (χ2v) is 8.14. The van der Waals surface area contributed by atoms with Gasteiger partial charge in [-0.3, -0.25) is 4.79 Å². The number of halogens is 2. The SMILES string of the molecule is O=C(NCc1ccccc1Cn1ccnc1)c1cc(Br)c(Br)s1. The molecule has 0 saturated heterocycles.